The Hall–Kier alpha value is -2.11. The maximum atomic E-state index is 12.1. The third-order valence-electron chi connectivity index (χ3n) is 3.26. The van der Waals surface area contributed by atoms with Crippen molar-refractivity contribution in [1.29, 1.82) is 0 Å². The Kier molecular flexibility index (Phi) is 4.92. The molecule has 0 atom stereocenters. The van der Waals surface area contributed by atoms with E-state index in [1.807, 2.05) is 12.1 Å². The molecule has 1 aliphatic rings. The number of hydrogen-bond acceptors (Lipinski definition) is 4. The second-order valence-corrected chi connectivity index (χ2v) is 4.60. The van der Waals surface area contributed by atoms with Crippen molar-refractivity contribution in [3.05, 3.63) is 30.1 Å². The summed E-state index contributed by atoms with van der Waals surface area (Å²) in [5.41, 5.74) is 0.956. The van der Waals surface area contributed by atoms with Crippen molar-refractivity contribution in [3.8, 4) is 0 Å². The molecular weight excluding hydrogens is 258 g/mol. The molecular formula is C14H19N3O3. The molecule has 1 aromatic rings. The van der Waals surface area contributed by atoms with Crippen molar-refractivity contribution in [2.45, 2.75) is 13.3 Å². The van der Waals surface area contributed by atoms with Crippen LogP contribution in [0.25, 0.3) is 0 Å². The van der Waals surface area contributed by atoms with Gasteiger partial charge in [-0.15, -0.1) is 0 Å². The first kappa shape index (κ1) is 14.3. The first-order chi connectivity index (χ1) is 9.70. The van der Waals surface area contributed by atoms with Crippen molar-refractivity contribution in [1.82, 2.24) is 14.8 Å². The topological polar surface area (TPSA) is 62.7 Å². The van der Waals surface area contributed by atoms with Gasteiger partial charge in [-0.2, -0.15) is 0 Å². The van der Waals surface area contributed by atoms with Crippen LogP contribution in [0.3, 0.4) is 0 Å². The summed E-state index contributed by atoms with van der Waals surface area (Å²) in [7, 11) is 0. The zero-order valence-corrected chi connectivity index (χ0v) is 11.6. The molecule has 1 saturated heterocycles. The van der Waals surface area contributed by atoms with Gasteiger partial charge in [0.05, 0.1) is 13.0 Å². The van der Waals surface area contributed by atoms with Crippen LogP contribution in [0, 0.1) is 0 Å². The Morgan fingerprint density at radius 2 is 1.75 bits per heavy atom. The van der Waals surface area contributed by atoms with Gasteiger partial charge in [0.25, 0.3) is 0 Å². The average molecular weight is 277 g/mol. The minimum atomic E-state index is -0.297. The molecule has 0 bridgehead atoms. The van der Waals surface area contributed by atoms with E-state index in [4.69, 9.17) is 4.74 Å². The van der Waals surface area contributed by atoms with Gasteiger partial charge in [-0.25, -0.2) is 4.79 Å². The van der Waals surface area contributed by atoms with Crippen molar-refractivity contribution in [3.63, 3.8) is 0 Å². The Morgan fingerprint density at radius 1 is 1.15 bits per heavy atom. The Morgan fingerprint density at radius 3 is 2.35 bits per heavy atom. The van der Waals surface area contributed by atoms with E-state index in [9.17, 15) is 9.59 Å². The first-order valence-corrected chi connectivity index (χ1v) is 6.79. The average Bonchev–Trinajstić information content (AvgIpc) is 2.48. The molecule has 0 N–H and O–H groups in total. The summed E-state index contributed by atoms with van der Waals surface area (Å²) in [6.07, 6.45) is 3.44. The first-order valence-electron chi connectivity index (χ1n) is 6.79. The summed E-state index contributed by atoms with van der Waals surface area (Å²) in [5, 5.41) is 0. The smallest absolute Gasteiger partial charge is 0.409 e. The van der Waals surface area contributed by atoms with E-state index in [0.717, 1.165) is 5.56 Å². The van der Waals surface area contributed by atoms with E-state index in [2.05, 4.69) is 4.98 Å². The highest BCUT2D eigenvalue weighted by Gasteiger charge is 2.24. The predicted molar refractivity (Wildman–Crippen MR) is 73.1 cm³/mol. The molecule has 1 aromatic heterocycles. The fourth-order valence-corrected chi connectivity index (χ4v) is 2.14. The lowest BCUT2D eigenvalue weighted by atomic mass is 10.1. The van der Waals surface area contributed by atoms with Crippen LogP contribution in [-0.2, 0) is 16.0 Å². The van der Waals surface area contributed by atoms with Crippen molar-refractivity contribution in [2.75, 3.05) is 32.8 Å². The number of ether oxygens (including phenoxy) is 1. The van der Waals surface area contributed by atoms with Gasteiger partial charge < -0.3 is 14.5 Å². The molecule has 0 aliphatic carbocycles. The molecule has 0 aromatic carbocycles. The molecule has 1 aliphatic heterocycles. The normalized spacial score (nSPS) is 15.1. The molecule has 6 heteroatoms. The zero-order chi connectivity index (χ0) is 14.4. The fourth-order valence-electron chi connectivity index (χ4n) is 2.14. The van der Waals surface area contributed by atoms with Crippen LogP contribution < -0.4 is 0 Å². The van der Waals surface area contributed by atoms with Crippen molar-refractivity contribution < 1.29 is 14.3 Å². The largest absolute Gasteiger partial charge is 0.450 e. The predicted octanol–water partition coefficient (Wildman–Crippen LogP) is 0.925. The minimum absolute atomic E-state index is 0.0831. The zero-order valence-electron chi connectivity index (χ0n) is 11.6. The molecule has 0 spiro atoms. The molecule has 2 heterocycles. The van der Waals surface area contributed by atoms with Gasteiger partial charge in [-0.05, 0) is 24.6 Å². The summed E-state index contributed by atoms with van der Waals surface area (Å²) in [6.45, 7) is 4.33. The molecule has 0 radical (unpaired) electrons. The molecule has 1 fully saturated rings. The monoisotopic (exact) mass is 277 g/mol. The second-order valence-electron chi connectivity index (χ2n) is 4.60. The number of rotatable bonds is 3. The van der Waals surface area contributed by atoms with Crippen LogP contribution in [0.1, 0.15) is 12.5 Å². The summed E-state index contributed by atoms with van der Waals surface area (Å²) >= 11 is 0. The molecule has 6 nitrogen and oxygen atoms in total. The van der Waals surface area contributed by atoms with Crippen LogP contribution in [-0.4, -0.2) is 59.6 Å². The Labute approximate surface area is 118 Å². The molecule has 2 amide bonds. The van der Waals surface area contributed by atoms with Gasteiger partial charge >= 0.3 is 6.09 Å². The van der Waals surface area contributed by atoms with Crippen LogP contribution in [0.4, 0.5) is 4.79 Å². The summed E-state index contributed by atoms with van der Waals surface area (Å²) in [5.74, 6) is 0.0831. The highest BCUT2D eigenvalue weighted by Crippen LogP contribution is 2.07. The standard InChI is InChI=1S/C14H19N3O3/c1-2-20-14(19)17-9-7-16(8-10-17)13(18)11-12-3-5-15-6-4-12/h3-6H,2,7-11H2,1H3. The fraction of sp³-hybridized carbons (Fsp3) is 0.500. The van der Waals surface area contributed by atoms with E-state index < -0.39 is 0 Å². The summed E-state index contributed by atoms with van der Waals surface area (Å²) in [4.78, 5) is 31.1. The molecule has 0 unspecified atom stereocenters. The highest BCUT2D eigenvalue weighted by atomic mass is 16.6. The van der Waals surface area contributed by atoms with Crippen molar-refractivity contribution >= 4 is 12.0 Å². The number of carbonyl (C=O) groups excluding carboxylic acids is 2. The number of piperazine rings is 1. The van der Waals surface area contributed by atoms with Gasteiger partial charge in [0, 0.05) is 38.6 Å². The lowest BCUT2D eigenvalue weighted by molar-refractivity contribution is -0.132. The van der Waals surface area contributed by atoms with Crippen LogP contribution in [0.5, 0.6) is 0 Å². The van der Waals surface area contributed by atoms with Gasteiger partial charge in [-0.1, -0.05) is 0 Å². The highest BCUT2D eigenvalue weighted by molar-refractivity contribution is 5.79. The Bertz CT molecular complexity index is 456. The third-order valence-corrected chi connectivity index (χ3v) is 3.26. The number of aromatic nitrogens is 1. The quantitative estimate of drug-likeness (QED) is 0.824. The van der Waals surface area contributed by atoms with Gasteiger partial charge in [-0.3, -0.25) is 9.78 Å². The van der Waals surface area contributed by atoms with E-state index in [1.54, 1.807) is 29.1 Å². The molecule has 108 valence electrons. The second kappa shape index (κ2) is 6.88. The molecule has 20 heavy (non-hydrogen) atoms. The van der Waals surface area contributed by atoms with Gasteiger partial charge in [0.15, 0.2) is 0 Å². The number of pyridine rings is 1. The van der Waals surface area contributed by atoms with Gasteiger partial charge in [0.2, 0.25) is 5.91 Å². The van der Waals surface area contributed by atoms with Crippen molar-refractivity contribution in [2.24, 2.45) is 0 Å². The van der Waals surface area contributed by atoms with Crippen LogP contribution in [0.2, 0.25) is 0 Å². The SMILES string of the molecule is CCOC(=O)N1CCN(C(=O)Cc2ccncc2)CC1. The number of amides is 2. The Balaban J connectivity index is 1.81. The lowest BCUT2D eigenvalue weighted by Gasteiger charge is -2.34. The maximum Gasteiger partial charge on any atom is 0.409 e. The minimum Gasteiger partial charge on any atom is -0.450 e. The number of nitrogens with zero attached hydrogens (tertiary/aromatic N) is 3. The maximum absolute atomic E-state index is 12.1. The summed E-state index contributed by atoms with van der Waals surface area (Å²) < 4.78 is 4.95. The van der Waals surface area contributed by atoms with E-state index in [-0.39, 0.29) is 12.0 Å². The van der Waals surface area contributed by atoms with E-state index >= 15 is 0 Å². The van der Waals surface area contributed by atoms with Crippen LogP contribution >= 0.6 is 0 Å². The third kappa shape index (κ3) is 3.69. The summed E-state index contributed by atoms with van der Waals surface area (Å²) in [6, 6.07) is 3.68. The van der Waals surface area contributed by atoms with E-state index in [1.165, 1.54) is 0 Å². The number of carbonyl (C=O) groups is 2. The van der Waals surface area contributed by atoms with Gasteiger partial charge in [0.1, 0.15) is 0 Å². The van der Waals surface area contributed by atoms with Crippen LogP contribution in [0.15, 0.2) is 24.5 Å². The number of hydrogen-bond donors (Lipinski definition) is 0. The molecule has 2 rings (SSSR count). The lowest BCUT2D eigenvalue weighted by Crippen LogP contribution is -2.51. The molecule has 0 saturated carbocycles. The van der Waals surface area contributed by atoms with E-state index in [0.29, 0.717) is 39.2 Å².